The fraction of sp³-hybridized carbons (Fsp3) is 0.588. The lowest BCUT2D eigenvalue weighted by Crippen LogP contribution is -2.38. The van der Waals surface area contributed by atoms with Crippen LogP contribution in [-0.2, 0) is 6.42 Å². The van der Waals surface area contributed by atoms with E-state index >= 15 is 0 Å². The van der Waals surface area contributed by atoms with E-state index in [4.69, 9.17) is 10.5 Å². The van der Waals surface area contributed by atoms with Crippen molar-refractivity contribution in [2.45, 2.75) is 39.0 Å². The minimum absolute atomic E-state index is 0. The van der Waals surface area contributed by atoms with Gasteiger partial charge in [0.1, 0.15) is 5.75 Å². The van der Waals surface area contributed by atoms with E-state index in [9.17, 15) is 0 Å². The molecule has 4 nitrogen and oxygen atoms in total. The maximum atomic E-state index is 6.11. The van der Waals surface area contributed by atoms with Crippen molar-refractivity contribution in [1.82, 2.24) is 4.90 Å². The topological polar surface area (TPSA) is 50.9 Å². The van der Waals surface area contributed by atoms with Crippen molar-refractivity contribution >= 4 is 29.9 Å². The molecule has 0 amide bonds. The highest BCUT2D eigenvalue weighted by Gasteiger charge is 2.10. The van der Waals surface area contributed by atoms with Gasteiger partial charge in [-0.2, -0.15) is 0 Å². The Kier molecular flexibility index (Phi) is 9.27. The van der Waals surface area contributed by atoms with Crippen LogP contribution < -0.4 is 10.5 Å². The van der Waals surface area contributed by atoms with Gasteiger partial charge in [0.2, 0.25) is 0 Å². The zero-order valence-corrected chi connectivity index (χ0v) is 15.8. The van der Waals surface area contributed by atoms with Gasteiger partial charge in [-0.25, -0.2) is 0 Å². The zero-order valence-electron chi connectivity index (χ0n) is 13.5. The largest absolute Gasteiger partial charge is 0.494 e. The average Bonchev–Trinajstić information content (AvgIpc) is 2.77. The van der Waals surface area contributed by atoms with Gasteiger partial charge in [-0.15, -0.1) is 24.0 Å². The van der Waals surface area contributed by atoms with Crippen molar-refractivity contribution in [2.75, 3.05) is 26.2 Å². The van der Waals surface area contributed by atoms with Gasteiger partial charge >= 0.3 is 0 Å². The number of benzene rings is 1. The minimum Gasteiger partial charge on any atom is -0.494 e. The molecular formula is C17H28IN3O. The lowest BCUT2D eigenvalue weighted by Gasteiger charge is -2.21. The number of hydrogen-bond acceptors (Lipinski definition) is 2. The molecule has 0 spiro atoms. The van der Waals surface area contributed by atoms with Crippen molar-refractivity contribution in [2.24, 2.45) is 10.7 Å². The van der Waals surface area contributed by atoms with Crippen LogP contribution in [0.2, 0.25) is 0 Å². The SMILES string of the molecule is CCOc1cccc(CCN=C(N)N2CCCCCC2)c1.I. The van der Waals surface area contributed by atoms with E-state index in [0.717, 1.165) is 31.8 Å². The molecule has 2 N–H and O–H groups in total. The summed E-state index contributed by atoms with van der Waals surface area (Å²) < 4.78 is 5.51. The van der Waals surface area contributed by atoms with Crippen LogP contribution in [0.15, 0.2) is 29.3 Å². The highest BCUT2D eigenvalue weighted by atomic mass is 127. The van der Waals surface area contributed by atoms with Crippen LogP contribution in [0.4, 0.5) is 0 Å². The monoisotopic (exact) mass is 417 g/mol. The van der Waals surface area contributed by atoms with Crippen LogP contribution in [0, 0.1) is 0 Å². The van der Waals surface area contributed by atoms with Crippen molar-refractivity contribution in [3.05, 3.63) is 29.8 Å². The molecule has 22 heavy (non-hydrogen) atoms. The summed E-state index contributed by atoms with van der Waals surface area (Å²) in [5, 5.41) is 0. The van der Waals surface area contributed by atoms with E-state index in [1.807, 2.05) is 19.1 Å². The van der Waals surface area contributed by atoms with Gasteiger partial charge < -0.3 is 15.4 Å². The molecule has 0 saturated carbocycles. The Morgan fingerprint density at radius 1 is 1.23 bits per heavy atom. The second kappa shape index (κ2) is 10.7. The van der Waals surface area contributed by atoms with E-state index in [1.165, 1.54) is 31.2 Å². The second-order valence-electron chi connectivity index (χ2n) is 5.47. The molecule has 1 saturated heterocycles. The molecule has 0 radical (unpaired) electrons. The normalized spacial score (nSPS) is 15.9. The van der Waals surface area contributed by atoms with Gasteiger partial charge in [-0.1, -0.05) is 25.0 Å². The number of halogens is 1. The van der Waals surface area contributed by atoms with Gasteiger partial charge in [-0.3, -0.25) is 4.99 Å². The molecular weight excluding hydrogens is 389 g/mol. The third-order valence-electron chi connectivity index (χ3n) is 3.81. The number of nitrogens with zero attached hydrogens (tertiary/aromatic N) is 2. The Hall–Kier alpha value is -0.980. The van der Waals surface area contributed by atoms with E-state index in [1.54, 1.807) is 0 Å². The molecule has 0 atom stereocenters. The first-order valence-electron chi connectivity index (χ1n) is 8.06. The summed E-state index contributed by atoms with van der Waals surface area (Å²) in [7, 11) is 0. The summed E-state index contributed by atoms with van der Waals surface area (Å²) in [6.45, 7) is 5.53. The predicted molar refractivity (Wildman–Crippen MR) is 103 cm³/mol. The average molecular weight is 417 g/mol. The van der Waals surface area contributed by atoms with Crippen LogP contribution in [-0.4, -0.2) is 37.1 Å². The van der Waals surface area contributed by atoms with Gasteiger partial charge in [0, 0.05) is 19.6 Å². The van der Waals surface area contributed by atoms with Crippen molar-refractivity contribution in [3.63, 3.8) is 0 Å². The number of aliphatic imine (C=N–C) groups is 1. The Morgan fingerprint density at radius 3 is 2.64 bits per heavy atom. The lowest BCUT2D eigenvalue weighted by molar-refractivity contribution is 0.340. The predicted octanol–water partition coefficient (Wildman–Crippen LogP) is 3.44. The molecule has 0 unspecified atom stereocenters. The van der Waals surface area contributed by atoms with Crippen LogP contribution in [0.5, 0.6) is 5.75 Å². The summed E-state index contributed by atoms with van der Waals surface area (Å²) in [6, 6.07) is 8.21. The molecule has 1 aliphatic heterocycles. The molecule has 1 fully saturated rings. The quantitative estimate of drug-likeness (QED) is 0.454. The summed E-state index contributed by atoms with van der Waals surface area (Å²) in [4.78, 5) is 6.77. The summed E-state index contributed by atoms with van der Waals surface area (Å²) in [6.07, 6.45) is 5.98. The standard InChI is InChI=1S/C17H27N3O.HI/c1-2-21-16-9-7-8-15(14-16)10-11-19-17(18)20-12-5-3-4-6-13-20;/h7-9,14H,2-6,10-13H2,1H3,(H2,18,19);1H. The highest BCUT2D eigenvalue weighted by molar-refractivity contribution is 14.0. The summed E-state index contributed by atoms with van der Waals surface area (Å²) in [5.41, 5.74) is 7.35. The maximum absolute atomic E-state index is 6.11. The second-order valence-corrected chi connectivity index (χ2v) is 5.47. The number of nitrogens with two attached hydrogens (primary N) is 1. The first-order valence-corrected chi connectivity index (χ1v) is 8.06. The zero-order chi connectivity index (χ0) is 14.9. The Labute approximate surface area is 151 Å². The van der Waals surface area contributed by atoms with Crippen molar-refractivity contribution in [3.8, 4) is 5.75 Å². The van der Waals surface area contributed by atoms with Crippen molar-refractivity contribution in [1.29, 1.82) is 0 Å². The lowest BCUT2D eigenvalue weighted by atomic mass is 10.1. The van der Waals surface area contributed by atoms with Gasteiger partial charge in [0.05, 0.1) is 6.61 Å². The molecule has 5 heteroatoms. The van der Waals surface area contributed by atoms with Crippen molar-refractivity contribution < 1.29 is 4.74 Å². The third-order valence-corrected chi connectivity index (χ3v) is 3.81. The fourth-order valence-corrected chi connectivity index (χ4v) is 2.66. The van der Waals surface area contributed by atoms with E-state index in [2.05, 4.69) is 22.0 Å². The van der Waals surface area contributed by atoms with Gasteiger partial charge in [0.25, 0.3) is 0 Å². The third kappa shape index (κ3) is 6.42. The molecule has 1 aromatic rings. The van der Waals surface area contributed by atoms with E-state index < -0.39 is 0 Å². The Bertz CT molecular complexity index is 457. The first-order chi connectivity index (χ1) is 10.3. The summed E-state index contributed by atoms with van der Waals surface area (Å²) in [5.74, 6) is 1.64. The number of hydrogen-bond donors (Lipinski definition) is 1. The molecule has 0 aliphatic carbocycles. The molecule has 0 bridgehead atoms. The smallest absolute Gasteiger partial charge is 0.191 e. The maximum Gasteiger partial charge on any atom is 0.191 e. The summed E-state index contributed by atoms with van der Waals surface area (Å²) >= 11 is 0. The van der Waals surface area contributed by atoms with Crippen LogP contribution in [0.3, 0.4) is 0 Å². The molecule has 2 rings (SSSR count). The molecule has 0 aromatic heterocycles. The number of likely N-dealkylation sites (tertiary alicyclic amines) is 1. The van der Waals surface area contributed by atoms with E-state index in [0.29, 0.717) is 12.6 Å². The Balaban J connectivity index is 0.00000242. The Morgan fingerprint density at radius 2 is 1.95 bits per heavy atom. The number of guanidine groups is 1. The first kappa shape index (κ1) is 19.1. The van der Waals surface area contributed by atoms with E-state index in [-0.39, 0.29) is 24.0 Å². The molecule has 124 valence electrons. The molecule has 1 aromatic carbocycles. The number of ether oxygens (including phenoxy) is 1. The van der Waals surface area contributed by atoms with Crippen LogP contribution >= 0.6 is 24.0 Å². The van der Waals surface area contributed by atoms with Gasteiger partial charge in [0.15, 0.2) is 5.96 Å². The molecule has 1 aliphatic rings. The van der Waals surface area contributed by atoms with Crippen LogP contribution in [0.1, 0.15) is 38.2 Å². The van der Waals surface area contributed by atoms with Gasteiger partial charge in [-0.05, 0) is 43.9 Å². The highest BCUT2D eigenvalue weighted by Crippen LogP contribution is 2.14. The fourth-order valence-electron chi connectivity index (χ4n) is 2.66. The minimum atomic E-state index is 0. The van der Waals surface area contributed by atoms with Crippen LogP contribution in [0.25, 0.3) is 0 Å². The number of rotatable bonds is 5. The molecule has 1 heterocycles.